The second-order valence-corrected chi connectivity index (χ2v) is 8.00. The molecule has 2 heterocycles. The van der Waals surface area contributed by atoms with Gasteiger partial charge in [-0.05, 0) is 55.8 Å². The average molecular weight is 398 g/mol. The predicted molar refractivity (Wildman–Crippen MR) is 117 cm³/mol. The first kappa shape index (κ1) is 20.4. The van der Waals surface area contributed by atoms with Crippen molar-refractivity contribution in [2.45, 2.75) is 39.3 Å². The molecule has 0 fully saturated rings. The maximum Gasteiger partial charge on any atom is 0.210 e. The Labute approximate surface area is 171 Å². The Kier molecular flexibility index (Phi) is 6.42. The molecule has 1 amide bonds. The van der Waals surface area contributed by atoms with Gasteiger partial charge in [-0.15, -0.1) is 0 Å². The number of H-pyrrole nitrogens is 1. The van der Waals surface area contributed by atoms with Gasteiger partial charge in [0, 0.05) is 34.2 Å². The summed E-state index contributed by atoms with van der Waals surface area (Å²) in [6, 6.07) is 14.7. The number of hydrogen-bond donors (Lipinski definition) is 2. The Hall–Kier alpha value is -2.30. The highest BCUT2D eigenvalue weighted by Gasteiger charge is 2.30. The van der Waals surface area contributed by atoms with Crippen LogP contribution in [0.1, 0.15) is 42.3 Å². The van der Waals surface area contributed by atoms with E-state index in [1.807, 2.05) is 36.2 Å². The summed E-state index contributed by atoms with van der Waals surface area (Å²) in [6.45, 7) is 7.04. The van der Waals surface area contributed by atoms with Crippen molar-refractivity contribution >= 4 is 28.9 Å². The monoisotopic (exact) mass is 397 g/mol. The van der Waals surface area contributed by atoms with Gasteiger partial charge in [0.2, 0.25) is 6.41 Å². The van der Waals surface area contributed by atoms with E-state index in [1.54, 1.807) is 0 Å². The lowest BCUT2D eigenvalue weighted by atomic mass is 9.92. The van der Waals surface area contributed by atoms with E-state index in [0.717, 1.165) is 29.6 Å². The van der Waals surface area contributed by atoms with Gasteiger partial charge in [-0.3, -0.25) is 4.79 Å². The predicted octanol–water partition coefficient (Wildman–Crippen LogP) is 4.85. The van der Waals surface area contributed by atoms with Crippen molar-refractivity contribution in [2.24, 2.45) is 0 Å². The highest BCUT2D eigenvalue weighted by atomic mass is 35.5. The van der Waals surface area contributed by atoms with Crippen LogP contribution in [0.15, 0.2) is 42.5 Å². The smallest absolute Gasteiger partial charge is 0.210 e. The largest absolute Gasteiger partial charge is 0.356 e. The maximum absolute atomic E-state index is 11.6. The number of aromatic amines is 1. The van der Waals surface area contributed by atoms with E-state index in [2.05, 4.69) is 49.3 Å². The molecule has 28 heavy (non-hydrogen) atoms. The summed E-state index contributed by atoms with van der Waals surface area (Å²) < 4.78 is 0. The van der Waals surface area contributed by atoms with E-state index in [0.29, 0.717) is 17.6 Å². The summed E-state index contributed by atoms with van der Waals surface area (Å²) in [4.78, 5) is 17.0. The average Bonchev–Trinajstić information content (AvgIpc) is 3.05. The van der Waals surface area contributed by atoms with Gasteiger partial charge < -0.3 is 15.2 Å². The highest BCUT2D eigenvalue weighted by molar-refractivity contribution is 6.30. The molecule has 0 bridgehead atoms. The summed E-state index contributed by atoms with van der Waals surface area (Å²) in [6.07, 6.45) is 1.81. The minimum absolute atomic E-state index is 0.109. The van der Waals surface area contributed by atoms with E-state index in [1.165, 1.54) is 16.5 Å². The van der Waals surface area contributed by atoms with Crippen LogP contribution in [0, 0.1) is 6.92 Å². The van der Waals surface area contributed by atoms with Gasteiger partial charge in [0.1, 0.15) is 0 Å². The number of nitrogens with one attached hydrogen (secondary N) is 2. The number of hydrogen-bond acceptors (Lipinski definition) is 2. The van der Waals surface area contributed by atoms with Crippen molar-refractivity contribution < 1.29 is 4.79 Å². The van der Waals surface area contributed by atoms with Crippen LogP contribution in [0.3, 0.4) is 0 Å². The number of nitrogens with zero attached hydrogens (tertiary/aromatic N) is 1. The molecule has 5 heteroatoms. The van der Waals surface area contributed by atoms with Crippen LogP contribution >= 0.6 is 11.6 Å². The second-order valence-electron chi connectivity index (χ2n) is 7.56. The molecule has 4 nitrogen and oxygen atoms in total. The standard InChI is InChI=1S/C19H17ClN2O.C4H11N/c1-12-5-6-17-16(9-12)15-7-8-22(11-23)19(18(15)21-17)13-3-2-4-14(20)10-13;1-4(2)5-3/h2-6,9-11,19,21H,7-8H2,1H3;4-5H,1-3H3. The molecule has 0 radical (unpaired) electrons. The third kappa shape index (κ3) is 4.23. The van der Waals surface area contributed by atoms with Crippen LogP contribution in [0.25, 0.3) is 10.9 Å². The molecule has 0 aliphatic carbocycles. The van der Waals surface area contributed by atoms with Crippen molar-refractivity contribution in [3.8, 4) is 0 Å². The van der Waals surface area contributed by atoms with E-state index >= 15 is 0 Å². The molecule has 148 valence electrons. The summed E-state index contributed by atoms with van der Waals surface area (Å²) in [5.41, 5.74) is 5.82. The van der Waals surface area contributed by atoms with E-state index in [-0.39, 0.29) is 6.04 Å². The van der Waals surface area contributed by atoms with Crippen molar-refractivity contribution in [3.05, 3.63) is 69.9 Å². The van der Waals surface area contributed by atoms with Crippen LogP contribution in [0.5, 0.6) is 0 Å². The lowest BCUT2D eigenvalue weighted by Gasteiger charge is -2.33. The Morgan fingerprint density at radius 3 is 2.64 bits per heavy atom. The molecule has 1 aliphatic heterocycles. The number of fused-ring (bicyclic) bond motifs is 3. The van der Waals surface area contributed by atoms with Crippen molar-refractivity contribution in [1.82, 2.24) is 15.2 Å². The molecule has 0 spiro atoms. The number of aromatic nitrogens is 1. The van der Waals surface area contributed by atoms with Crippen molar-refractivity contribution in [2.75, 3.05) is 13.6 Å². The van der Waals surface area contributed by atoms with Crippen LogP contribution in [-0.2, 0) is 11.2 Å². The summed E-state index contributed by atoms with van der Waals surface area (Å²) in [5, 5.41) is 4.98. The normalized spacial score (nSPS) is 15.9. The van der Waals surface area contributed by atoms with E-state index in [4.69, 9.17) is 11.6 Å². The highest BCUT2D eigenvalue weighted by Crippen LogP contribution is 2.38. The molecule has 0 saturated carbocycles. The van der Waals surface area contributed by atoms with Crippen LogP contribution in [-0.4, -0.2) is 35.9 Å². The molecule has 1 aliphatic rings. The van der Waals surface area contributed by atoms with Gasteiger partial charge in [-0.25, -0.2) is 0 Å². The molecule has 0 saturated heterocycles. The van der Waals surface area contributed by atoms with Gasteiger partial charge in [-0.2, -0.15) is 0 Å². The molecule has 3 aromatic rings. The molecule has 1 unspecified atom stereocenters. The maximum atomic E-state index is 11.6. The Balaban J connectivity index is 0.000000403. The third-order valence-electron chi connectivity index (χ3n) is 5.20. The van der Waals surface area contributed by atoms with Gasteiger partial charge in [0.05, 0.1) is 6.04 Å². The summed E-state index contributed by atoms with van der Waals surface area (Å²) >= 11 is 6.16. The van der Waals surface area contributed by atoms with Gasteiger partial charge in [-0.1, -0.05) is 49.2 Å². The molecule has 1 atom stereocenters. The Bertz CT molecular complexity index is 964. The quantitative estimate of drug-likeness (QED) is 0.621. The first-order chi connectivity index (χ1) is 13.4. The number of rotatable bonds is 3. The third-order valence-corrected chi connectivity index (χ3v) is 5.43. The number of halogens is 1. The van der Waals surface area contributed by atoms with Gasteiger partial charge in [0.15, 0.2) is 0 Å². The molecular weight excluding hydrogens is 370 g/mol. The molecular formula is C23H28ClN3O. The Morgan fingerprint density at radius 1 is 1.25 bits per heavy atom. The SMILES string of the molecule is CNC(C)C.Cc1ccc2[nH]c3c(c2c1)CCN(C=O)C3c1cccc(Cl)c1. The summed E-state index contributed by atoms with van der Waals surface area (Å²) in [5.74, 6) is 0. The zero-order chi connectivity index (χ0) is 20.3. The molecule has 2 aromatic carbocycles. The molecule has 2 N–H and O–H groups in total. The van der Waals surface area contributed by atoms with Gasteiger partial charge in [0.25, 0.3) is 0 Å². The fraction of sp³-hybridized carbons (Fsp3) is 0.348. The molecule has 4 rings (SSSR count). The van der Waals surface area contributed by atoms with Crippen molar-refractivity contribution in [1.29, 1.82) is 0 Å². The lowest BCUT2D eigenvalue weighted by molar-refractivity contribution is -0.120. The number of carbonyl (C=O) groups is 1. The first-order valence-electron chi connectivity index (χ1n) is 9.69. The fourth-order valence-electron chi connectivity index (χ4n) is 3.57. The zero-order valence-electron chi connectivity index (χ0n) is 16.9. The minimum atomic E-state index is -0.109. The summed E-state index contributed by atoms with van der Waals surface area (Å²) in [7, 11) is 1.95. The van der Waals surface area contributed by atoms with Crippen molar-refractivity contribution in [3.63, 3.8) is 0 Å². The minimum Gasteiger partial charge on any atom is -0.356 e. The number of aryl methyl sites for hydroxylation is 1. The van der Waals surface area contributed by atoms with Crippen LogP contribution in [0.4, 0.5) is 0 Å². The van der Waals surface area contributed by atoms with Crippen LogP contribution in [0.2, 0.25) is 5.02 Å². The number of carbonyl (C=O) groups excluding carboxylic acids is 1. The lowest BCUT2D eigenvalue weighted by Crippen LogP contribution is -2.34. The molecule has 1 aromatic heterocycles. The topological polar surface area (TPSA) is 48.1 Å². The van der Waals surface area contributed by atoms with E-state index < -0.39 is 0 Å². The zero-order valence-corrected chi connectivity index (χ0v) is 17.7. The number of amides is 1. The van der Waals surface area contributed by atoms with Crippen LogP contribution < -0.4 is 5.32 Å². The second kappa shape index (κ2) is 8.80. The van der Waals surface area contributed by atoms with E-state index in [9.17, 15) is 4.79 Å². The fourth-order valence-corrected chi connectivity index (χ4v) is 3.77. The van der Waals surface area contributed by atoms with Gasteiger partial charge >= 0.3 is 0 Å². The number of benzene rings is 2. The first-order valence-corrected chi connectivity index (χ1v) is 10.1. The Morgan fingerprint density at radius 2 is 2.00 bits per heavy atom.